The lowest BCUT2D eigenvalue weighted by Gasteiger charge is -2.20. The predicted octanol–water partition coefficient (Wildman–Crippen LogP) is 3.18. The highest BCUT2D eigenvalue weighted by Crippen LogP contribution is 2.20. The number of carbonyl (C=O) groups is 1. The first-order chi connectivity index (χ1) is 10.1. The highest BCUT2D eigenvalue weighted by atomic mass is 35.5. The number of nitrogens with one attached hydrogen (secondary N) is 1. The number of aromatic amines is 1. The fourth-order valence-electron chi connectivity index (χ4n) is 2.67. The van der Waals surface area contributed by atoms with Crippen LogP contribution in [0.3, 0.4) is 0 Å². The van der Waals surface area contributed by atoms with Crippen LogP contribution in [0.4, 0.5) is 0 Å². The lowest BCUT2D eigenvalue weighted by Crippen LogP contribution is -2.33. The Kier molecular flexibility index (Phi) is 3.97. The summed E-state index contributed by atoms with van der Waals surface area (Å²) in [6.45, 7) is 0.670. The van der Waals surface area contributed by atoms with Crippen molar-refractivity contribution in [3.63, 3.8) is 0 Å². The number of benzene rings is 1. The number of nitrogens with zero attached hydrogens (tertiary/aromatic N) is 2. The molecule has 3 rings (SSSR count). The molecule has 1 aliphatic carbocycles. The van der Waals surface area contributed by atoms with Gasteiger partial charge in [0.1, 0.15) is 5.82 Å². The SMILES string of the molecule is CN(CCc1nc2ccc(Cl)cc2[nH]1)C(=O)C1CC=CC1. The zero-order valence-corrected chi connectivity index (χ0v) is 12.7. The van der Waals surface area contributed by atoms with Gasteiger partial charge in [-0.05, 0) is 31.0 Å². The monoisotopic (exact) mass is 303 g/mol. The summed E-state index contributed by atoms with van der Waals surface area (Å²) in [6.07, 6.45) is 6.62. The van der Waals surface area contributed by atoms with E-state index in [0.29, 0.717) is 18.0 Å². The highest BCUT2D eigenvalue weighted by molar-refractivity contribution is 6.31. The molecule has 1 aliphatic rings. The van der Waals surface area contributed by atoms with Gasteiger partial charge in [0.2, 0.25) is 5.91 Å². The van der Waals surface area contributed by atoms with E-state index >= 15 is 0 Å². The molecule has 0 fully saturated rings. The summed E-state index contributed by atoms with van der Waals surface area (Å²) in [6, 6.07) is 5.60. The van der Waals surface area contributed by atoms with Crippen LogP contribution in [0.2, 0.25) is 5.02 Å². The van der Waals surface area contributed by atoms with E-state index in [2.05, 4.69) is 22.1 Å². The number of aromatic nitrogens is 2. The number of imidazole rings is 1. The Bertz CT molecular complexity index is 684. The van der Waals surface area contributed by atoms with Gasteiger partial charge in [-0.2, -0.15) is 0 Å². The average molecular weight is 304 g/mol. The molecule has 1 aromatic heterocycles. The Morgan fingerprint density at radius 2 is 2.19 bits per heavy atom. The van der Waals surface area contributed by atoms with Crippen molar-refractivity contribution < 1.29 is 4.79 Å². The van der Waals surface area contributed by atoms with Crippen LogP contribution in [-0.2, 0) is 11.2 Å². The fourth-order valence-corrected chi connectivity index (χ4v) is 2.84. The minimum absolute atomic E-state index is 0.129. The fraction of sp³-hybridized carbons (Fsp3) is 0.375. The predicted molar refractivity (Wildman–Crippen MR) is 84.3 cm³/mol. The second-order valence-electron chi connectivity index (χ2n) is 5.49. The van der Waals surface area contributed by atoms with E-state index < -0.39 is 0 Å². The lowest BCUT2D eigenvalue weighted by atomic mass is 10.1. The molecule has 0 radical (unpaired) electrons. The Hall–Kier alpha value is -1.81. The molecular weight excluding hydrogens is 286 g/mol. The van der Waals surface area contributed by atoms with E-state index in [1.807, 2.05) is 25.2 Å². The second kappa shape index (κ2) is 5.90. The molecule has 5 heteroatoms. The molecule has 1 aromatic carbocycles. The molecule has 1 heterocycles. The number of fused-ring (bicyclic) bond motifs is 1. The van der Waals surface area contributed by atoms with Crippen LogP contribution >= 0.6 is 11.6 Å². The zero-order valence-electron chi connectivity index (χ0n) is 12.0. The first-order valence-corrected chi connectivity index (χ1v) is 7.55. The zero-order chi connectivity index (χ0) is 14.8. The summed E-state index contributed by atoms with van der Waals surface area (Å²) in [4.78, 5) is 21.8. The van der Waals surface area contributed by atoms with Crippen molar-refractivity contribution in [3.05, 3.63) is 41.2 Å². The average Bonchev–Trinajstić information content (AvgIpc) is 3.12. The standard InChI is InChI=1S/C16H18ClN3O/c1-20(16(21)11-4-2-3-5-11)9-8-15-18-13-7-6-12(17)10-14(13)19-15/h2-3,6-7,10-11H,4-5,8-9H2,1H3,(H,18,19). The molecule has 0 spiro atoms. The molecule has 110 valence electrons. The van der Waals surface area contributed by atoms with E-state index in [1.54, 1.807) is 4.90 Å². The number of hydrogen-bond acceptors (Lipinski definition) is 2. The number of allylic oxidation sites excluding steroid dienone is 2. The maximum atomic E-state index is 12.2. The van der Waals surface area contributed by atoms with Crippen LogP contribution in [0.15, 0.2) is 30.4 Å². The van der Waals surface area contributed by atoms with Crippen molar-refractivity contribution in [3.8, 4) is 0 Å². The van der Waals surface area contributed by atoms with Gasteiger partial charge in [-0.1, -0.05) is 23.8 Å². The lowest BCUT2D eigenvalue weighted by molar-refractivity contribution is -0.133. The smallest absolute Gasteiger partial charge is 0.226 e. The number of likely N-dealkylation sites (N-methyl/N-ethyl adjacent to an activating group) is 1. The van der Waals surface area contributed by atoms with Crippen molar-refractivity contribution in [1.82, 2.24) is 14.9 Å². The van der Waals surface area contributed by atoms with E-state index in [1.165, 1.54) is 0 Å². The largest absolute Gasteiger partial charge is 0.345 e. The molecule has 2 aromatic rings. The summed E-state index contributed by atoms with van der Waals surface area (Å²) in [5.41, 5.74) is 1.84. The van der Waals surface area contributed by atoms with Gasteiger partial charge >= 0.3 is 0 Å². The third kappa shape index (κ3) is 3.10. The third-order valence-corrected chi connectivity index (χ3v) is 4.15. The number of H-pyrrole nitrogens is 1. The normalized spacial score (nSPS) is 15.0. The molecular formula is C16H18ClN3O. The van der Waals surface area contributed by atoms with E-state index in [0.717, 1.165) is 29.7 Å². The number of hydrogen-bond donors (Lipinski definition) is 1. The summed E-state index contributed by atoms with van der Waals surface area (Å²) < 4.78 is 0. The molecule has 1 N–H and O–H groups in total. The first kappa shape index (κ1) is 14.1. The van der Waals surface area contributed by atoms with Gasteiger partial charge in [0.15, 0.2) is 0 Å². The van der Waals surface area contributed by atoms with Gasteiger partial charge < -0.3 is 9.88 Å². The molecule has 4 nitrogen and oxygen atoms in total. The van der Waals surface area contributed by atoms with Gasteiger partial charge in [0, 0.05) is 31.0 Å². The van der Waals surface area contributed by atoms with Crippen LogP contribution in [0, 0.1) is 5.92 Å². The van der Waals surface area contributed by atoms with E-state index in [9.17, 15) is 4.79 Å². The van der Waals surface area contributed by atoms with Crippen LogP contribution in [0.25, 0.3) is 11.0 Å². The minimum Gasteiger partial charge on any atom is -0.345 e. The van der Waals surface area contributed by atoms with Gasteiger partial charge in [-0.3, -0.25) is 4.79 Å². The van der Waals surface area contributed by atoms with Gasteiger partial charge in [0.25, 0.3) is 0 Å². The molecule has 0 saturated heterocycles. The van der Waals surface area contributed by atoms with Crippen LogP contribution in [-0.4, -0.2) is 34.4 Å². The molecule has 0 saturated carbocycles. The Balaban J connectivity index is 1.61. The molecule has 0 unspecified atom stereocenters. The highest BCUT2D eigenvalue weighted by Gasteiger charge is 2.22. The van der Waals surface area contributed by atoms with Crippen LogP contribution in [0.5, 0.6) is 0 Å². The minimum atomic E-state index is 0.129. The van der Waals surface area contributed by atoms with Gasteiger partial charge in [0.05, 0.1) is 11.0 Å². The number of carbonyl (C=O) groups excluding carboxylic acids is 1. The Labute approximate surface area is 128 Å². The Morgan fingerprint density at radius 1 is 1.43 bits per heavy atom. The number of rotatable bonds is 4. The number of halogens is 1. The molecule has 0 atom stereocenters. The van der Waals surface area contributed by atoms with Crippen molar-refractivity contribution in [2.75, 3.05) is 13.6 Å². The maximum absolute atomic E-state index is 12.2. The van der Waals surface area contributed by atoms with Crippen molar-refractivity contribution in [2.45, 2.75) is 19.3 Å². The molecule has 21 heavy (non-hydrogen) atoms. The van der Waals surface area contributed by atoms with Crippen molar-refractivity contribution >= 4 is 28.5 Å². The van der Waals surface area contributed by atoms with E-state index in [4.69, 9.17) is 11.6 Å². The molecule has 1 amide bonds. The van der Waals surface area contributed by atoms with E-state index in [-0.39, 0.29) is 11.8 Å². The van der Waals surface area contributed by atoms with Crippen LogP contribution in [0.1, 0.15) is 18.7 Å². The third-order valence-electron chi connectivity index (χ3n) is 3.91. The summed E-state index contributed by atoms with van der Waals surface area (Å²) in [5, 5.41) is 0.693. The van der Waals surface area contributed by atoms with Gasteiger partial charge in [-0.25, -0.2) is 4.98 Å². The second-order valence-corrected chi connectivity index (χ2v) is 5.93. The quantitative estimate of drug-likeness (QED) is 0.882. The Morgan fingerprint density at radius 3 is 2.95 bits per heavy atom. The molecule has 0 aliphatic heterocycles. The van der Waals surface area contributed by atoms with Crippen molar-refractivity contribution in [1.29, 1.82) is 0 Å². The summed E-state index contributed by atoms with van der Waals surface area (Å²) in [7, 11) is 1.86. The topological polar surface area (TPSA) is 49.0 Å². The maximum Gasteiger partial charge on any atom is 0.226 e. The molecule has 0 bridgehead atoms. The summed E-state index contributed by atoms with van der Waals surface area (Å²) >= 11 is 5.96. The van der Waals surface area contributed by atoms with Crippen LogP contribution < -0.4 is 0 Å². The first-order valence-electron chi connectivity index (χ1n) is 7.17. The van der Waals surface area contributed by atoms with Crippen molar-refractivity contribution in [2.24, 2.45) is 5.92 Å². The van der Waals surface area contributed by atoms with Gasteiger partial charge in [-0.15, -0.1) is 0 Å². The number of amides is 1. The summed E-state index contributed by atoms with van der Waals surface area (Å²) in [5.74, 6) is 1.24.